The molecule has 0 aromatic rings. The molecule has 3 N–H and O–H groups in total. The van der Waals surface area contributed by atoms with Crippen molar-refractivity contribution in [2.24, 2.45) is 0 Å². The fourth-order valence-corrected chi connectivity index (χ4v) is 1.08. The number of methoxy groups -OCH3 is 1. The maximum Gasteiger partial charge on any atom is 0.326 e. The van der Waals surface area contributed by atoms with Gasteiger partial charge in [-0.25, -0.2) is 4.79 Å². The zero-order chi connectivity index (χ0) is 13.6. The summed E-state index contributed by atoms with van der Waals surface area (Å²) in [6.45, 7) is 3.21. The topological polar surface area (TPSA) is 113 Å². The standard InChI is InChI=1S/C10H17NO6/c1-4-10(2,17-3)9(16)11-6(8(14)15)5-7(12)13/h6H,4-5H2,1-3H3,(H,11,16)(H,12,13)(H,14,15)/t6-,10?/m0/s1. The molecule has 0 aromatic heterocycles. The van der Waals surface area contributed by atoms with Crippen LogP contribution in [-0.2, 0) is 19.1 Å². The van der Waals surface area contributed by atoms with Crippen molar-refractivity contribution >= 4 is 17.8 Å². The van der Waals surface area contributed by atoms with Crippen LogP contribution >= 0.6 is 0 Å². The van der Waals surface area contributed by atoms with Gasteiger partial charge >= 0.3 is 11.9 Å². The maximum absolute atomic E-state index is 11.7. The largest absolute Gasteiger partial charge is 0.481 e. The fourth-order valence-electron chi connectivity index (χ4n) is 1.08. The average Bonchev–Trinajstić information content (AvgIpc) is 2.26. The second-order valence-corrected chi connectivity index (χ2v) is 3.75. The number of carboxylic acid groups (broad SMARTS) is 2. The third-order valence-electron chi connectivity index (χ3n) is 2.59. The molecule has 7 heteroatoms. The lowest BCUT2D eigenvalue weighted by Gasteiger charge is -2.26. The monoisotopic (exact) mass is 247 g/mol. The molecule has 0 fully saturated rings. The van der Waals surface area contributed by atoms with Crippen molar-refractivity contribution in [1.82, 2.24) is 5.32 Å². The molecule has 1 amide bonds. The molecule has 7 nitrogen and oxygen atoms in total. The van der Waals surface area contributed by atoms with Crippen LogP contribution in [0.25, 0.3) is 0 Å². The molecule has 1 unspecified atom stereocenters. The van der Waals surface area contributed by atoms with Gasteiger partial charge in [-0.3, -0.25) is 9.59 Å². The Morgan fingerprint density at radius 2 is 1.88 bits per heavy atom. The molecule has 0 aromatic carbocycles. The van der Waals surface area contributed by atoms with Crippen LogP contribution in [0.1, 0.15) is 26.7 Å². The van der Waals surface area contributed by atoms with Gasteiger partial charge in [0, 0.05) is 7.11 Å². The number of nitrogens with one attached hydrogen (secondary N) is 1. The number of rotatable bonds is 7. The highest BCUT2D eigenvalue weighted by Crippen LogP contribution is 2.14. The molecule has 2 atom stereocenters. The first-order chi connectivity index (χ1) is 7.76. The van der Waals surface area contributed by atoms with E-state index in [1.165, 1.54) is 14.0 Å². The Bertz CT molecular complexity index is 310. The summed E-state index contributed by atoms with van der Waals surface area (Å²) in [6, 6.07) is -1.46. The molecule has 0 aliphatic carbocycles. The van der Waals surface area contributed by atoms with E-state index < -0.39 is 35.9 Å². The van der Waals surface area contributed by atoms with E-state index >= 15 is 0 Å². The van der Waals surface area contributed by atoms with E-state index in [1.54, 1.807) is 6.92 Å². The maximum atomic E-state index is 11.7. The Hall–Kier alpha value is -1.63. The van der Waals surface area contributed by atoms with E-state index in [4.69, 9.17) is 14.9 Å². The Labute approximate surface area is 98.8 Å². The molecule has 0 aliphatic heterocycles. The van der Waals surface area contributed by atoms with Gasteiger partial charge in [0.25, 0.3) is 5.91 Å². The Morgan fingerprint density at radius 3 is 2.18 bits per heavy atom. The summed E-state index contributed by atoms with van der Waals surface area (Å²) in [5.74, 6) is -3.33. The van der Waals surface area contributed by atoms with Crippen molar-refractivity contribution in [1.29, 1.82) is 0 Å². The van der Waals surface area contributed by atoms with Gasteiger partial charge < -0.3 is 20.3 Å². The Balaban J connectivity index is 4.71. The molecule has 0 heterocycles. The van der Waals surface area contributed by atoms with Crippen molar-refractivity contribution in [3.05, 3.63) is 0 Å². The predicted molar refractivity (Wildman–Crippen MR) is 57.5 cm³/mol. The lowest BCUT2D eigenvalue weighted by atomic mass is 10.0. The zero-order valence-corrected chi connectivity index (χ0v) is 10.0. The number of hydrogen-bond donors (Lipinski definition) is 3. The van der Waals surface area contributed by atoms with Crippen LogP contribution in [0, 0.1) is 0 Å². The van der Waals surface area contributed by atoms with Crippen molar-refractivity contribution in [3.8, 4) is 0 Å². The third kappa shape index (κ3) is 4.39. The van der Waals surface area contributed by atoms with Crippen LogP contribution in [0.5, 0.6) is 0 Å². The van der Waals surface area contributed by atoms with Gasteiger partial charge in [0.2, 0.25) is 0 Å². The summed E-state index contributed by atoms with van der Waals surface area (Å²) in [5.41, 5.74) is -1.16. The van der Waals surface area contributed by atoms with Gasteiger partial charge in [-0.15, -0.1) is 0 Å². The second-order valence-electron chi connectivity index (χ2n) is 3.75. The lowest BCUT2D eigenvalue weighted by Crippen LogP contribution is -2.52. The third-order valence-corrected chi connectivity index (χ3v) is 2.59. The first-order valence-corrected chi connectivity index (χ1v) is 5.07. The quantitative estimate of drug-likeness (QED) is 0.576. The number of carbonyl (C=O) groups is 3. The van der Waals surface area contributed by atoms with Crippen LogP contribution < -0.4 is 5.32 Å². The highest BCUT2D eigenvalue weighted by Gasteiger charge is 2.34. The van der Waals surface area contributed by atoms with E-state index in [0.29, 0.717) is 6.42 Å². The summed E-state index contributed by atoms with van der Waals surface area (Å²) < 4.78 is 4.98. The minimum atomic E-state index is -1.46. The molecule has 0 aliphatic rings. The molecule has 17 heavy (non-hydrogen) atoms. The number of ether oxygens (including phenoxy) is 1. The van der Waals surface area contributed by atoms with Crippen LogP contribution in [-0.4, -0.2) is 46.8 Å². The first-order valence-electron chi connectivity index (χ1n) is 5.07. The molecule has 98 valence electrons. The van der Waals surface area contributed by atoms with E-state index in [0.717, 1.165) is 0 Å². The first kappa shape index (κ1) is 15.4. The molecular formula is C10H17NO6. The number of carbonyl (C=O) groups excluding carboxylic acids is 1. The van der Waals surface area contributed by atoms with Crippen LogP contribution in [0.3, 0.4) is 0 Å². The summed E-state index contributed by atoms with van der Waals surface area (Å²) in [7, 11) is 1.33. The van der Waals surface area contributed by atoms with E-state index in [9.17, 15) is 14.4 Å². The van der Waals surface area contributed by atoms with Gasteiger partial charge in [-0.05, 0) is 13.3 Å². The normalized spacial score (nSPS) is 15.7. The molecule has 0 saturated heterocycles. The number of carboxylic acids is 2. The molecular weight excluding hydrogens is 230 g/mol. The van der Waals surface area contributed by atoms with Gasteiger partial charge in [-0.2, -0.15) is 0 Å². The molecule has 0 spiro atoms. The van der Waals surface area contributed by atoms with Crippen molar-refractivity contribution in [2.45, 2.75) is 38.3 Å². The minimum Gasteiger partial charge on any atom is -0.481 e. The number of aliphatic carboxylic acids is 2. The van der Waals surface area contributed by atoms with E-state index in [2.05, 4.69) is 5.32 Å². The average molecular weight is 247 g/mol. The predicted octanol–water partition coefficient (Wildman–Crippen LogP) is -0.154. The molecule has 0 bridgehead atoms. The second kappa shape index (κ2) is 6.19. The lowest BCUT2D eigenvalue weighted by molar-refractivity contribution is -0.151. The SMILES string of the molecule is CCC(C)(OC)C(=O)N[C@@H](CC(=O)O)C(=O)O. The summed E-state index contributed by atoms with van der Waals surface area (Å²) in [4.78, 5) is 32.9. The highest BCUT2D eigenvalue weighted by atomic mass is 16.5. The summed E-state index contributed by atoms with van der Waals surface area (Å²) in [5, 5.41) is 19.4. The smallest absolute Gasteiger partial charge is 0.326 e. The van der Waals surface area contributed by atoms with Crippen LogP contribution in [0.2, 0.25) is 0 Å². The fraction of sp³-hybridized carbons (Fsp3) is 0.700. The van der Waals surface area contributed by atoms with E-state index in [-0.39, 0.29) is 0 Å². The highest BCUT2D eigenvalue weighted by molar-refractivity contribution is 5.90. The van der Waals surface area contributed by atoms with Crippen molar-refractivity contribution in [2.75, 3.05) is 7.11 Å². The number of hydrogen-bond acceptors (Lipinski definition) is 4. The Kier molecular flexibility index (Phi) is 5.60. The zero-order valence-electron chi connectivity index (χ0n) is 10.0. The molecule has 0 saturated carbocycles. The van der Waals surface area contributed by atoms with Crippen molar-refractivity contribution < 1.29 is 29.3 Å². The van der Waals surface area contributed by atoms with Crippen LogP contribution in [0.4, 0.5) is 0 Å². The van der Waals surface area contributed by atoms with Gasteiger partial charge in [0.1, 0.15) is 11.6 Å². The van der Waals surface area contributed by atoms with Crippen LogP contribution in [0.15, 0.2) is 0 Å². The summed E-state index contributed by atoms with van der Waals surface area (Å²) >= 11 is 0. The minimum absolute atomic E-state index is 0.342. The van der Waals surface area contributed by atoms with Gasteiger partial charge in [0.15, 0.2) is 0 Å². The van der Waals surface area contributed by atoms with Gasteiger partial charge in [0.05, 0.1) is 6.42 Å². The van der Waals surface area contributed by atoms with Crippen molar-refractivity contribution in [3.63, 3.8) is 0 Å². The molecule has 0 rings (SSSR count). The molecule has 0 radical (unpaired) electrons. The van der Waals surface area contributed by atoms with Gasteiger partial charge in [-0.1, -0.05) is 6.92 Å². The van der Waals surface area contributed by atoms with E-state index in [1.807, 2.05) is 0 Å². The number of amides is 1. The summed E-state index contributed by atoms with van der Waals surface area (Å²) in [6.07, 6.45) is -0.334. The Morgan fingerprint density at radius 1 is 1.35 bits per heavy atom.